The summed E-state index contributed by atoms with van der Waals surface area (Å²) in [5, 5.41) is 12.3. The fourth-order valence-electron chi connectivity index (χ4n) is 2.95. The quantitative estimate of drug-likeness (QED) is 0.846. The van der Waals surface area contributed by atoms with Crippen molar-refractivity contribution in [2.75, 3.05) is 26.2 Å². The predicted molar refractivity (Wildman–Crippen MR) is 83.8 cm³/mol. The molecule has 1 heterocycles. The van der Waals surface area contributed by atoms with Crippen molar-refractivity contribution in [2.45, 2.75) is 32.2 Å². The van der Waals surface area contributed by atoms with Crippen LogP contribution in [0.5, 0.6) is 0 Å². The van der Waals surface area contributed by atoms with Gasteiger partial charge in [0, 0.05) is 6.42 Å². The van der Waals surface area contributed by atoms with Crippen molar-refractivity contribution in [3.8, 4) is 0 Å². The number of aliphatic hydroxyl groups excluding tert-OH is 1. The lowest BCUT2D eigenvalue weighted by Crippen LogP contribution is -2.37. The molecule has 1 amide bonds. The van der Waals surface area contributed by atoms with E-state index >= 15 is 0 Å². The van der Waals surface area contributed by atoms with E-state index in [1.807, 2.05) is 0 Å². The fourth-order valence-corrected chi connectivity index (χ4v) is 2.95. The summed E-state index contributed by atoms with van der Waals surface area (Å²) in [5.41, 5.74) is 0.720. The van der Waals surface area contributed by atoms with Crippen LogP contribution in [-0.4, -0.2) is 42.2 Å². The molecule has 0 unspecified atom stereocenters. The van der Waals surface area contributed by atoms with Crippen molar-refractivity contribution >= 4 is 5.91 Å². The summed E-state index contributed by atoms with van der Waals surface area (Å²) in [6.07, 6.45) is 2.58. The van der Waals surface area contributed by atoms with E-state index in [9.17, 15) is 14.3 Å². The Kier molecular flexibility index (Phi) is 6.34. The summed E-state index contributed by atoms with van der Waals surface area (Å²) < 4.78 is 12.9. The number of hydrogen-bond acceptors (Lipinski definition) is 3. The van der Waals surface area contributed by atoms with Crippen molar-refractivity contribution in [3.63, 3.8) is 0 Å². The number of benzene rings is 1. The molecule has 22 heavy (non-hydrogen) atoms. The van der Waals surface area contributed by atoms with Gasteiger partial charge in [-0.2, -0.15) is 0 Å². The summed E-state index contributed by atoms with van der Waals surface area (Å²) in [4.78, 5) is 14.6. The fraction of sp³-hybridized carbons (Fsp3) is 0.588. The van der Waals surface area contributed by atoms with Gasteiger partial charge in [0.15, 0.2) is 0 Å². The van der Waals surface area contributed by atoms with Crippen LogP contribution in [0.4, 0.5) is 4.39 Å². The van der Waals surface area contributed by atoms with Gasteiger partial charge in [-0.3, -0.25) is 4.79 Å². The van der Waals surface area contributed by atoms with Crippen molar-refractivity contribution in [1.82, 2.24) is 10.2 Å². The van der Waals surface area contributed by atoms with Crippen molar-refractivity contribution < 1.29 is 14.3 Å². The van der Waals surface area contributed by atoms with Gasteiger partial charge in [-0.15, -0.1) is 0 Å². The van der Waals surface area contributed by atoms with Gasteiger partial charge >= 0.3 is 0 Å². The van der Waals surface area contributed by atoms with Gasteiger partial charge in [-0.05, 0) is 56.1 Å². The third-order valence-corrected chi connectivity index (χ3v) is 4.42. The van der Waals surface area contributed by atoms with Gasteiger partial charge in [0.05, 0.1) is 12.6 Å². The number of aliphatic hydroxyl groups is 1. The van der Waals surface area contributed by atoms with E-state index < -0.39 is 6.04 Å². The molecule has 1 saturated heterocycles. The van der Waals surface area contributed by atoms with Crippen LogP contribution < -0.4 is 5.32 Å². The zero-order chi connectivity index (χ0) is 15.9. The third-order valence-electron chi connectivity index (χ3n) is 4.42. The Morgan fingerprint density at radius 2 is 2.00 bits per heavy atom. The third kappa shape index (κ3) is 4.78. The standard InChI is InChI=1S/C17H25FN2O2/c1-2-20-9-7-13(8-10-20)11-17(22)19-16(12-21)14-3-5-15(18)6-4-14/h3-6,13,16,21H,2,7-12H2,1H3,(H,19,22)/t16-/m1/s1. The maximum Gasteiger partial charge on any atom is 0.220 e. The van der Waals surface area contributed by atoms with Crippen LogP contribution >= 0.6 is 0 Å². The summed E-state index contributed by atoms with van der Waals surface area (Å²) in [7, 11) is 0. The summed E-state index contributed by atoms with van der Waals surface area (Å²) in [6, 6.07) is 5.39. The Bertz CT molecular complexity index is 470. The molecule has 1 aliphatic heterocycles. The molecule has 0 aromatic heterocycles. The summed E-state index contributed by atoms with van der Waals surface area (Å²) in [5.74, 6) is 0.0446. The Balaban J connectivity index is 1.83. The lowest BCUT2D eigenvalue weighted by Gasteiger charge is -2.31. The van der Waals surface area contributed by atoms with Gasteiger partial charge in [-0.25, -0.2) is 4.39 Å². The Labute approximate surface area is 131 Å². The van der Waals surface area contributed by atoms with Gasteiger partial charge in [0.25, 0.3) is 0 Å². The molecule has 2 N–H and O–H groups in total. The number of hydrogen-bond donors (Lipinski definition) is 2. The molecule has 0 spiro atoms. The minimum absolute atomic E-state index is 0.0432. The molecule has 1 atom stereocenters. The van der Waals surface area contributed by atoms with Gasteiger partial charge in [0.2, 0.25) is 5.91 Å². The van der Waals surface area contributed by atoms with Gasteiger partial charge in [0.1, 0.15) is 5.82 Å². The molecule has 4 nitrogen and oxygen atoms in total. The Morgan fingerprint density at radius 1 is 1.36 bits per heavy atom. The Morgan fingerprint density at radius 3 is 2.55 bits per heavy atom. The molecule has 2 rings (SSSR count). The van der Waals surface area contributed by atoms with E-state index in [2.05, 4.69) is 17.1 Å². The molecule has 1 aliphatic rings. The highest BCUT2D eigenvalue weighted by Crippen LogP contribution is 2.21. The zero-order valence-corrected chi connectivity index (χ0v) is 13.1. The summed E-state index contributed by atoms with van der Waals surface area (Å²) >= 11 is 0. The number of halogens is 1. The van der Waals surface area contributed by atoms with Crippen LogP contribution in [0, 0.1) is 11.7 Å². The molecule has 1 fully saturated rings. The van der Waals surface area contributed by atoms with Crippen LogP contribution in [0.3, 0.4) is 0 Å². The van der Waals surface area contributed by atoms with Crippen LogP contribution in [-0.2, 0) is 4.79 Å². The van der Waals surface area contributed by atoms with E-state index in [1.165, 1.54) is 12.1 Å². The van der Waals surface area contributed by atoms with Gasteiger partial charge in [-0.1, -0.05) is 19.1 Å². The van der Waals surface area contributed by atoms with E-state index in [-0.39, 0.29) is 18.3 Å². The normalized spacial score (nSPS) is 18.1. The maximum atomic E-state index is 12.9. The first kappa shape index (κ1) is 16.9. The predicted octanol–water partition coefficient (Wildman–Crippen LogP) is 2.10. The second-order valence-corrected chi connectivity index (χ2v) is 5.94. The maximum absolute atomic E-state index is 12.9. The molecule has 5 heteroatoms. The molecule has 0 bridgehead atoms. The number of rotatable bonds is 6. The first-order valence-corrected chi connectivity index (χ1v) is 8.00. The minimum Gasteiger partial charge on any atom is -0.394 e. The van der Waals surface area contributed by atoms with E-state index in [1.54, 1.807) is 12.1 Å². The van der Waals surface area contributed by atoms with Crippen LogP contribution in [0.15, 0.2) is 24.3 Å². The van der Waals surface area contributed by atoms with Gasteiger partial charge < -0.3 is 15.3 Å². The first-order chi connectivity index (χ1) is 10.6. The number of piperidine rings is 1. The summed E-state index contributed by atoms with van der Waals surface area (Å²) in [6.45, 7) is 5.13. The highest BCUT2D eigenvalue weighted by atomic mass is 19.1. The number of likely N-dealkylation sites (tertiary alicyclic amines) is 1. The molecule has 1 aromatic rings. The smallest absolute Gasteiger partial charge is 0.220 e. The molecule has 0 radical (unpaired) electrons. The average Bonchev–Trinajstić information content (AvgIpc) is 2.54. The van der Waals surface area contributed by atoms with E-state index in [0.717, 1.165) is 38.0 Å². The lowest BCUT2D eigenvalue weighted by atomic mass is 9.93. The second-order valence-electron chi connectivity index (χ2n) is 5.94. The zero-order valence-electron chi connectivity index (χ0n) is 13.1. The van der Waals surface area contributed by atoms with Crippen LogP contribution in [0.2, 0.25) is 0 Å². The monoisotopic (exact) mass is 308 g/mol. The van der Waals surface area contributed by atoms with E-state index in [4.69, 9.17) is 0 Å². The molecule has 122 valence electrons. The highest BCUT2D eigenvalue weighted by Gasteiger charge is 2.22. The molecular formula is C17H25FN2O2. The van der Waals surface area contributed by atoms with Crippen molar-refractivity contribution in [3.05, 3.63) is 35.6 Å². The first-order valence-electron chi connectivity index (χ1n) is 8.00. The highest BCUT2D eigenvalue weighted by molar-refractivity contribution is 5.76. The van der Waals surface area contributed by atoms with Crippen molar-refractivity contribution in [2.24, 2.45) is 5.92 Å². The second kappa shape index (κ2) is 8.25. The van der Waals surface area contributed by atoms with Crippen LogP contribution in [0.25, 0.3) is 0 Å². The lowest BCUT2D eigenvalue weighted by molar-refractivity contribution is -0.123. The molecule has 1 aromatic carbocycles. The molecule has 0 saturated carbocycles. The number of carbonyl (C=O) groups excluding carboxylic acids is 1. The minimum atomic E-state index is -0.469. The number of amides is 1. The Hall–Kier alpha value is -1.46. The number of carbonyl (C=O) groups is 1. The largest absolute Gasteiger partial charge is 0.394 e. The SMILES string of the molecule is CCN1CCC(CC(=O)N[C@H](CO)c2ccc(F)cc2)CC1. The topological polar surface area (TPSA) is 52.6 Å². The average molecular weight is 308 g/mol. The van der Waals surface area contributed by atoms with E-state index in [0.29, 0.717) is 12.3 Å². The van der Waals surface area contributed by atoms with Crippen LogP contribution in [0.1, 0.15) is 37.8 Å². The number of nitrogens with zero attached hydrogens (tertiary/aromatic N) is 1. The molecular weight excluding hydrogens is 283 g/mol. The molecule has 0 aliphatic carbocycles. The van der Waals surface area contributed by atoms with Crippen molar-refractivity contribution in [1.29, 1.82) is 0 Å². The number of nitrogens with one attached hydrogen (secondary N) is 1.